The first-order chi connectivity index (χ1) is 9.35. The van der Waals surface area contributed by atoms with Gasteiger partial charge in [0.15, 0.2) is 0 Å². The van der Waals surface area contributed by atoms with Crippen molar-refractivity contribution < 1.29 is 24.1 Å². The van der Waals surface area contributed by atoms with Crippen molar-refractivity contribution in [2.45, 2.75) is 25.5 Å². The molecule has 0 aliphatic carbocycles. The van der Waals surface area contributed by atoms with Crippen LogP contribution in [0.3, 0.4) is 0 Å². The number of benzene rings is 1. The smallest absolute Gasteiger partial charge is 0.335 e. The predicted molar refractivity (Wildman–Crippen MR) is 72.2 cm³/mol. The molecule has 1 aromatic rings. The normalized spacial score (nSPS) is 14.0. The summed E-state index contributed by atoms with van der Waals surface area (Å²) in [6.45, 7) is 2.49. The molecule has 0 amide bonds. The van der Waals surface area contributed by atoms with Crippen molar-refractivity contribution in [3.63, 3.8) is 0 Å². The third kappa shape index (κ3) is 5.24. The molecule has 0 spiro atoms. The van der Waals surface area contributed by atoms with Crippen molar-refractivity contribution >= 4 is 5.97 Å². The zero-order chi connectivity index (χ0) is 15.2. The molecule has 112 valence electrons. The van der Waals surface area contributed by atoms with Crippen LogP contribution in [0.5, 0.6) is 0 Å². The molecule has 0 radical (unpaired) electrons. The number of aromatic carboxylic acids is 1. The number of carbonyl (C=O) groups is 1. The Balaban J connectivity index is 2.57. The van der Waals surface area contributed by atoms with E-state index in [1.54, 1.807) is 14.0 Å². The topological polar surface area (TPSA) is 78.8 Å². The molecule has 0 saturated heterocycles. The monoisotopic (exact) mass is 285 g/mol. The van der Waals surface area contributed by atoms with Crippen LogP contribution in [0.2, 0.25) is 0 Å². The molecule has 1 unspecified atom stereocenters. The van der Waals surface area contributed by atoms with Crippen molar-refractivity contribution in [1.29, 1.82) is 0 Å². The highest BCUT2D eigenvalue weighted by Crippen LogP contribution is 2.12. The van der Waals surface area contributed by atoms with E-state index < -0.39 is 17.4 Å². The van der Waals surface area contributed by atoms with E-state index in [1.807, 2.05) is 0 Å². The van der Waals surface area contributed by atoms with Gasteiger partial charge in [0, 0.05) is 38.8 Å². The molecule has 0 aromatic heterocycles. The molecule has 0 aliphatic heterocycles. The fourth-order valence-corrected chi connectivity index (χ4v) is 1.72. The second-order valence-corrected chi connectivity index (χ2v) is 4.95. The number of ether oxygens (including phenoxy) is 1. The average molecular weight is 285 g/mol. The third-order valence-corrected chi connectivity index (χ3v) is 2.96. The van der Waals surface area contributed by atoms with Gasteiger partial charge < -0.3 is 20.3 Å². The van der Waals surface area contributed by atoms with Gasteiger partial charge in [0.25, 0.3) is 0 Å². The number of carboxylic acids is 1. The molecule has 1 aromatic carbocycles. The van der Waals surface area contributed by atoms with Gasteiger partial charge in [0.1, 0.15) is 5.82 Å². The molecule has 3 N–H and O–H groups in total. The van der Waals surface area contributed by atoms with E-state index in [0.717, 1.165) is 6.07 Å². The van der Waals surface area contributed by atoms with Crippen LogP contribution < -0.4 is 5.32 Å². The lowest BCUT2D eigenvalue weighted by atomic mass is 10.0. The molecule has 1 rings (SSSR count). The largest absolute Gasteiger partial charge is 0.478 e. The van der Waals surface area contributed by atoms with Gasteiger partial charge in [0.2, 0.25) is 0 Å². The Morgan fingerprint density at radius 1 is 1.50 bits per heavy atom. The number of hydrogen-bond donors (Lipinski definition) is 3. The zero-order valence-electron chi connectivity index (χ0n) is 11.6. The number of rotatable bonds is 8. The lowest BCUT2D eigenvalue weighted by Gasteiger charge is -2.23. The molecule has 1 atom stereocenters. The summed E-state index contributed by atoms with van der Waals surface area (Å²) in [5.41, 5.74) is -0.668. The zero-order valence-corrected chi connectivity index (χ0v) is 11.6. The van der Waals surface area contributed by atoms with Gasteiger partial charge in [-0.25, -0.2) is 9.18 Å². The molecule has 5 nitrogen and oxygen atoms in total. The number of methoxy groups -OCH3 is 1. The van der Waals surface area contributed by atoms with E-state index in [4.69, 9.17) is 9.84 Å². The molecule has 0 bridgehead atoms. The van der Waals surface area contributed by atoms with Gasteiger partial charge >= 0.3 is 5.97 Å². The van der Waals surface area contributed by atoms with Crippen LogP contribution in [0.15, 0.2) is 18.2 Å². The van der Waals surface area contributed by atoms with E-state index in [-0.39, 0.29) is 24.2 Å². The van der Waals surface area contributed by atoms with E-state index in [0.29, 0.717) is 13.0 Å². The van der Waals surface area contributed by atoms with Gasteiger partial charge in [-0.3, -0.25) is 0 Å². The van der Waals surface area contributed by atoms with Gasteiger partial charge in [-0.1, -0.05) is 0 Å². The third-order valence-electron chi connectivity index (χ3n) is 2.96. The number of carboxylic acid groups (broad SMARTS) is 1. The van der Waals surface area contributed by atoms with Crippen molar-refractivity contribution in [1.82, 2.24) is 5.32 Å². The maximum Gasteiger partial charge on any atom is 0.335 e. The van der Waals surface area contributed by atoms with Crippen molar-refractivity contribution in [2.75, 3.05) is 20.3 Å². The number of hydrogen-bond acceptors (Lipinski definition) is 4. The molecular formula is C14H20FNO4. The van der Waals surface area contributed by atoms with Gasteiger partial charge in [-0.2, -0.15) is 0 Å². The maximum absolute atomic E-state index is 13.5. The van der Waals surface area contributed by atoms with E-state index in [9.17, 15) is 14.3 Å². The lowest BCUT2D eigenvalue weighted by Crippen LogP contribution is -2.38. The average Bonchev–Trinajstić information content (AvgIpc) is 2.38. The fraction of sp³-hybridized carbons (Fsp3) is 0.500. The maximum atomic E-state index is 13.5. The molecule has 0 fully saturated rings. The summed E-state index contributed by atoms with van der Waals surface area (Å²) in [6, 6.07) is 3.63. The minimum absolute atomic E-state index is 0.0364. The Labute approximate surface area is 117 Å². The van der Waals surface area contributed by atoms with Gasteiger partial charge in [-0.05, 0) is 25.1 Å². The number of halogens is 1. The molecule has 0 saturated carbocycles. The minimum atomic E-state index is -1.10. The number of aliphatic hydroxyl groups is 1. The first-order valence-corrected chi connectivity index (χ1v) is 6.29. The Morgan fingerprint density at radius 2 is 2.20 bits per heavy atom. The molecule has 6 heteroatoms. The Hall–Kier alpha value is -1.50. The summed E-state index contributed by atoms with van der Waals surface area (Å²) in [5.74, 6) is -1.57. The number of nitrogens with one attached hydrogen (secondary N) is 1. The Bertz CT molecular complexity index is 462. The summed E-state index contributed by atoms with van der Waals surface area (Å²) in [7, 11) is 1.55. The Morgan fingerprint density at radius 3 is 2.80 bits per heavy atom. The first-order valence-electron chi connectivity index (χ1n) is 6.29. The summed E-state index contributed by atoms with van der Waals surface area (Å²) < 4.78 is 18.4. The lowest BCUT2D eigenvalue weighted by molar-refractivity contribution is 0.0247. The molecule has 0 heterocycles. The summed E-state index contributed by atoms with van der Waals surface area (Å²) in [6.07, 6.45) is 0.453. The minimum Gasteiger partial charge on any atom is -0.478 e. The van der Waals surface area contributed by atoms with Crippen molar-refractivity contribution in [2.24, 2.45) is 0 Å². The predicted octanol–water partition coefficient (Wildman–Crippen LogP) is 1.40. The highest BCUT2D eigenvalue weighted by Gasteiger charge is 2.19. The van der Waals surface area contributed by atoms with Crippen LogP contribution in [-0.2, 0) is 11.3 Å². The van der Waals surface area contributed by atoms with Crippen LogP contribution >= 0.6 is 0 Å². The highest BCUT2D eigenvalue weighted by molar-refractivity contribution is 5.87. The molecule has 20 heavy (non-hydrogen) atoms. The van der Waals surface area contributed by atoms with Crippen LogP contribution in [0.1, 0.15) is 29.3 Å². The summed E-state index contributed by atoms with van der Waals surface area (Å²) in [5, 5.41) is 21.8. The highest BCUT2D eigenvalue weighted by atomic mass is 19.1. The van der Waals surface area contributed by atoms with Gasteiger partial charge in [0.05, 0.1) is 11.2 Å². The van der Waals surface area contributed by atoms with Crippen LogP contribution in [0, 0.1) is 5.82 Å². The van der Waals surface area contributed by atoms with Crippen LogP contribution in [-0.4, -0.2) is 42.0 Å². The van der Waals surface area contributed by atoms with E-state index >= 15 is 0 Å². The van der Waals surface area contributed by atoms with Gasteiger partial charge in [-0.15, -0.1) is 0 Å². The van der Waals surface area contributed by atoms with E-state index in [2.05, 4.69) is 5.32 Å². The Kier molecular flexibility index (Phi) is 6.06. The first kappa shape index (κ1) is 16.6. The second-order valence-electron chi connectivity index (χ2n) is 4.95. The van der Waals surface area contributed by atoms with Crippen LogP contribution in [0.25, 0.3) is 0 Å². The SMILES string of the molecule is COCCC(C)(O)CNCc1cc(C(=O)O)ccc1F. The fourth-order valence-electron chi connectivity index (χ4n) is 1.72. The van der Waals surface area contributed by atoms with E-state index in [1.165, 1.54) is 12.1 Å². The molecular weight excluding hydrogens is 265 g/mol. The van der Waals surface area contributed by atoms with Crippen molar-refractivity contribution in [3.8, 4) is 0 Å². The summed E-state index contributed by atoms with van der Waals surface area (Å²) >= 11 is 0. The molecule has 0 aliphatic rings. The van der Waals surface area contributed by atoms with Crippen molar-refractivity contribution in [3.05, 3.63) is 35.1 Å². The summed E-state index contributed by atoms with van der Waals surface area (Å²) in [4.78, 5) is 10.8. The quantitative estimate of drug-likeness (QED) is 0.673. The van der Waals surface area contributed by atoms with Crippen LogP contribution in [0.4, 0.5) is 4.39 Å². The second kappa shape index (κ2) is 7.33. The standard InChI is InChI=1S/C14H20FNO4/c1-14(19,5-6-20-2)9-16-8-11-7-10(13(17)18)3-4-12(11)15/h3-4,7,16,19H,5-6,8-9H2,1-2H3,(H,17,18).